The summed E-state index contributed by atoms with van der Waals surface area (Å²) in [5.74, 6) is 0.611. The number of H-pyrrole nitrogens is 1. The van der Waals surface area contributed by atoms with Gasteiger partial charge < -0.3 is 14.3 Å². The van der Waals surface area contributed by atoms with Gasteiger partial charge in [-0.05, 0) is 30.1 Å². The molecule has 0 aliphatic carbocycles. The lowest BCUT2D eigenvalue weighted by Crippen LogP contribution is -2.19. The summed E-state index contributed by atoms with van der Waals surface area (Å²) >= 11 is 5.37. The second-order valence-corrected chi connectivity index (χ2v) is 5.65. The highest BCUT2D eigenvalue weighted by molar-refractivity contribution is 7.71. The number of aromatic nitrogens is 3. The molecule has 0 fully saturated rings. The Morgan fingerprint density at radius 1 is 1.44 bits per heavy atom. The van der Waals surface area contributed by atoms with Crippen LogP contribution in [-0.2, 0) is 6.54 Å². The van der Waals surface area contributed by atoms with Gasteiger partial charge in [0, 0.05) is 12.6 Å². The molecule has 0 radical (unpaired) electrons. The van der Waals surface area contributed by atoms with Gasteiger partial charge in [-0.1, -0.05) is 20.8 Å². The van der Waals surface area contributed by atoms with Gasteiger partial charge in [-0.3, -0.25) is 0 Å². The lowest BCUT2D eigenvalue weighted by atomic mass is 9.90. The molecule has 0 saturated heterocycles. The lowest BCUT2D eigenvalue weighted by Gasteiger charge is -2.23. The second kappa shape index (κ2) is 4.72. The van der Waals surface area contributed by atoms with Crippen LogP contribution in [0, 0.1) is 10.2 Å². The number of fused-ring (bicyclic) bond motifs is 1. The van der Waals surface area contributed by atoms with E-state index in [2.05, 4.69) is 35.3 Å². The summed E-state index contributed by atoms with van der Waals surface area (Å²) in [7, 11) is 1.62. The summed E-state index contributed by atoms with van der Waals surface area (Å²) in [5, 5.41) is 0. The van der Waals surface area contributed by atoms with E-state index in [9.17, 15) is 0 Å². The highest BCUT2D eigenvalue weighted by Gasteiger charge is 2.18. The molecule has 0 saturated carbocycles. The van der Waals surface area contributed by atoms with Crippen molar-refractivity contribution in [2.24, 2.45) is 5.41 Å². The molecule has 0 aliphatic heterocycles. The largest absolute Gasteiger partial charge is 0.481 e. The summed E-state index contributed by atoms with van der Waals surface area (Å²) in [6, 6.07) is 3.79. The number of methoxy groups -OCH3 is 1. The Morgan fingerprint density at radius 2 is 2.17 bits per heavy atom. The van der Waals surface area contributed by atoms with Crippen molar-refractivity contribution in [3.63, 3.8) is 0 Å². The van der Waals surface area contributed by atoms with E-state index < -0.39 is 0 Å². The van der Waals surface area contributed by atoms with Crippen molar-refractivity contribution in [3.8, 4) is 5.88 Å². The van der Waals surface area contributed by atoms with Gasteiger partial charge in [0.2, 0.25) is 5.88 Å². The van der Waals surface area contributed by atoms with Gasteiger partial charge in [0.05, 0.1) is 12.6 Å². The number of pyridine rings is 1. The molecular weight excluding hydrogens is 246 g/mol. The number of rotatable bonds is 4. The normalized spacial score (nSPS) is 12.0. The van der Waals surface area contributed by atoms with Gasteiger partial charge in [-0.15, -0.1) is 0 Å². The van der Waals surface area contributed by atoms with Crippen LogP contribution in [0.15, 0.2) is 12.1 Å². The molecule has 0 spiro atoms. The molecule has 2 aromatic heterocycles. The van der Waals surface area contributed by atoms with E-state index in [1.165, 1.54) is 0 Å². The average molecular weight is 265 g/mol. The number of nitrogens with zero attached hydrogens (tertiary/aromatic N) is 2. The van der Waals surface area contributed by atoms with Crippen molar-refractivity contribution in [1.29, 1.82) is 0 Å². The van der Waals surface area contributed by atoms with Gasteiger partial charge in [0.25, 0.3) is 0 Å². The van der Waals surface area contributed by atoms with Crippen LogP contribution in [0.3, 0.4) is 0 Å². The molecule has 0 amide bonds. The standard InChI is InChI=1S/C13H19N3OS/c1-5-13(2,3)8-16-11-9(14-12(16)18)6-7-10(15-11)17-4/h6-7H,5,8H2,1-4H3,(H,14,18). The number of ether oxygens (including phenoxy) is 1. The topological polar surface area (TPSA) is 42.8 Å². The van der Waals surface area contributed by atoms with Gasteiger partial charge in [-0.25, -0.2) is 0 Å². The van der Waals surface area contributed by atoms with E-state index in [0.717, 1.165) is 24.1 Å². The van der Waals surface area contributed by atoms with Gasteiger partial charge in [0.15, 0.2) is 10.4 Å². The van der Waals surface area contributed by atoms with Crippen LogP contribution in [0.5, 0.6) is 5.88 Å². The Kier molecular flexibility index (Phi) is 3.43. The van der Waals surface area contributed by atoms with E-state index in [1.54, 1.807) is 7.11 Å². The number of nitrogens with one attached hydrogen (secondary N) is 1. The molecule has 4 nitrogen and oxygen atoms in total. The first-order valence-corrected chi connectivity index (χ1v) is 6.51. The van der Waals surface area contributed by atoms with Crippen molar-refractivity contribution >= 4 is 23.4 Å². The third kappa shape index (κ3) is 2.41. The van der Waals surface area contributed by atoms with E-state index in [1.807, 2.05) is 12.1 Å². The fourth-order valence-electron chi connectivity index (χ4n) is 1.81. The zero-order valence-corrected chi connectivity index (χ0v) is 12.1. The van der Waals surface area contributed by atoms with Gasteiger partial charge >= 0.3 is 0 Å². The van der Waals surface area contributed by atoms with Crippen LogP contribution >= 0.6 is 12.2 Å². The molecule has 1 N–H and O–H groups in total. The molecule has 0 aromatic carbocycles. The fourth-order valence-corrected chi connectivity index (χ4v) is 2.07. The maximum absolute atomic E-state index is 5.37. The van der Waals surface area contributed by atoms with Crippen molar-refractivity contribution < 1.29 is 4.74 Å². The van der Waals surface area contributed by atoms with Crippen molar-refractivity contribution in [2.75, 3.05) is 7.11 Å². The van der Waals surface area contributed by atoms with Crippen LogP contribution in [0.4, 0.5) is 0 Å². The van der Waals surface area contributed by atoms with Crippen LogP contribution in [0.25, 0.3) is 11.2 Å². The molecule has 0 aliphatic rings. The number of imidazole rings is 1. The Labute approximate surface area is 112 Å². The van der Waals surface area contributed by atoms with Gasteiger partial charge in [0.1, 0.15) is 0 Å². The van der Waals surface area contributed by atoms with Crippen LogP contribution in [0.1, 0.15) is 27.2 Å². The van der Waals surface area contributed by atoms with Crippen LogP contribution in [-0.4, -0.2) is 21.6 Å². The van der Waals surface area contributed by atoms with Gasteiger partial charge in [-0.2, -0.15) is 4.98 Å². The highest BCUT2D eigenvalue weighted by Crippen LogP contribution is 2.25. The molecule has 0 bridgehead atoms. The van der Waals surface area contributed by atoms with E-state index in [0.29, 0.717) is 10.7 Å². The Bertz CT molecular complexity index is 612. The zero-order valence-electron chi connectivity index (χ0n) is 11.3. The summed E-state index contributed by atoms with van der Waals surface area (Å²) in [4.78, 5) is 7.66. The number of aromatic amines is 1. The SMILES string of the molecule is CCC(C)(C)Cn1c(=S)[nH]c2ccc(OC)nc21. The minimum Gasteiger partial charge on any atom is -0.481 e. The smallest absolute Gasteiger partial charge is 0.215 e. The molecular formula is C13H19N3OS. The van der Waals surface area contributed by atoms with Crippen molar-refractivity contribution in [1.82, 2.24) is 14.5 Å². The van der Waals surface area contributed by atoms with E-state index >= 15 is 0 Å². The summed E-state index contributed by atoms with van der Waals surface area (Å²) in [6.45, 7) is 7.50. The maximum atomic E-state index is 5.37. The lowest BCUT2D eigenvalue weighted by molar-refractivity contribution is 0.296. The monoisotopic (exact) mass is 265 g/mol. The maximum Gasteiger partial charge on any atom is 0.215 e. The molecule has 18 heavy (non-hydrogen) atoms. The Balaban J connectivity index is 2.55. The first-order chi connectivity index (χ1) is 8.46. The summed E-state index contributed by atoms with van der Waals surface area (Å²) in [6.07, 6.45) is 1.09. The second-order valence-electron chi connectivity index (χ2n) is 5.26. The van der Waals surface area contributed by atoms with Crippen LogP contribution < -0.4 is 4.74 Å². The average Bonchev–Trinajstić information content (AvgIpc) is 2.65. The molecule has 98 valence electrons. The quantitative estimate of drug-likeness (QED) is 0.860. The molecule has 5 heteroatoms. The number of hydrogen-bond acceptors (Lipinski definition) is 3. The molecule has 0 unspecified atom stereocenters. The fraction of sp³-hybridized carbons (Fsp3) is 0.538. The summed E-state index contributed by atoms with van der Waals surface area (Å²) in [5.41, 5.74) is 2.01. The first-order valence-electron chi connectivity index (χ1n) is 6.10. The first kappa shape index (κ1) is 13.1. The Morgan fingerprint density at radius 3 is 2.78 bits per heavy atom. The third-order valence-electron chi connectivity index (χ3n) is 3.34. The molecule has 2 aromatic rings. The predicted octanol–water partition coefficient (Wildman–Crippen LogP) is 3.54. The Hall–Kier alpha value is -1.36. The summed E-state index contributed by atoms with van der Waals surface area (Å²) < 4.78 is 7.94. The van der Waals surface area contributed by atoms with E-state index in [-0.39, 0.29) is 5.41 Å². The molecule has 0 atom stereocenters. The minimum absolute atomic E-state index is 0.193. The molecule has 2 rings (SSSR count). The predicted molar refractivity (Wildman–Crippen MR) is 75.5 cm³/mol. The van der Waals surface area contributed by atoms with Crippen molar-refractivity contribution in [2.45, 2.75) is 33.7 Å². The third-order valence-corrected chi connectivity index (χ3v) is 3.67. The van der Waals surface area contributed by atoms with Crippen molar-refractivity contribution in [3.05, 3.63) is 16.9 Å². The highest BCUT2D eigenvalue weighted by atomic mass is 32.1. The molecule has 2 heterocycles. The minimum atomic E-state index is 0.193. The zero-order chi connectivity index (χ0) is 13.3. The number of hydrogen-bond donors (Lipinski definition) is 1. The van der Waals surface area contributed by atoms with Crippen LogP contribution in [0.2, 0.25) is 0 Å². The van der Waals surface area contributed by atoms with E-state index in [4.69, 9.17) is 17.0 Å².